The first-order valence-corrected chi connectivity index (χ1v) is 5.81. The van der Waals surface area contributed by atoms with Gasteiger partial charge in [-0.1, -0.05) is 13.8 Å². The van der Waals surface area contributed by atoms with Gasteiger partial charge in [-0.2, -0.15) is 0 Å². The van der Waals surface area contributed by atoms with Gasteiger partial charge in [-0.15, -0.1) is 0 Å². The number of carbonyl (C=O) groups excluding carboxylic acids is 1. The summed E-state index contributed by atoms with van der Waals surface area (Å²) in [5, 5.41) is 0. The standard InChI is InChI=1S/C12H21NO/c1-8-6-12(14)9(2)10-4-5-13(3)7-11(8)10/h8-11H,4-7H2,1-3H3. The predicted molar refractivity (Wildman–Crippen MR) is 57.0 cm³/mol. The lowest BCUT2D eigenvalue weighted by Crippen LogP contribution is -2.48. The number of fused-ring (bicyclic) bond motifs is 1. The maximum atomic E-state index is 11.7. The van der Waals surface area contributed by atoms with Crippen LogP contribution in [0.25, 0.3) is 0 Å². The van der Waals surface area contributed by atoms with Crippen molar-refractivity contribution in [2.24, 2.45) is 23.7 Å². The Kier molecular flexibility index (Phi) is 2.65. The molecule has 0 spiro atoms. The average molecular weight is 195 g/mol. The molecule has 80 valence electrons. The molecular weight excluding hydrogens is 174 g/mol. The largest absolute Gasteiger partial charge is 0.306 e. The Balaban J connectivity index is 2.14. The Morgan fingerprint density at radius 2 is 2.00 bits per heavy atom. The van der Waals surface area contributed by atoms with Crippen molar-refractivity contribution in [2.45, 2.75) is 26.7 Å². The molecule has 2 nitrogen and oxygen atoms in total. The molecule has 2 rings (SSSR count). The van der Waals surface area contributed by atoms with E-state index >= 15 is 0 Å². The summed E-state index contributed by atoms with van der Waals surface area (Å²) in [5.74, 6) is 2.86. The van der Waals surface area contributed by atoms with E-state index in [1.54, 1.807) is 0 Å². The molecule has 1 saturated carbocycles. The summed E-state index contributed by atoms with van der Waals surface area (Å²) in [6.45, 7) is 6.76. The van der Waals surface area contributed by atoms with Crippen molar-refractivity contribution in [3.63, 3.8) is 0 Å². The second kappa shape index (κ2) is 3.65. The third-order valence-corrected chi connectivity index (χ3v) is 4.32. The van der Waals surface area contributed by atoms with Crippen LogP contribution in [-0.2, 0) is 4.79 Å². The third-order valence-electron chi connectivity index (χ3n) is 4.32. The van der Waals surface area contributed by atoms with Crippen LogP contribution in [0, 0.1) is 23.7 Å². The van der Waals surface area contributed by atoms with Crippen LogP contribution in [-0.4, -0.2) is 30.8 Å². The number of Topliss-reactive ketones (excluding diaryl/α,β-unsaturated/α-hetero) is 1. The zero-order valence-electron chi connectivity index (χ0n) is 9.49. The zero-order valence-corrected chi connectivity index (χ0v) is 9.49. The number of nitrogens with zero attached hydrogens (tertiary/aromatic N) is 1. The number of hydrogen-bond donors (Lipinski definition) is 0. The summed E-state index contributed by atoms with van der Waals surface area (Å²) < 4.78 is 0. The van der Waals surface area contributed by atoms with Crippen LogP contribution in [0.5, 0.6) is 0 Å². The highest BCUT2D eigenvalue weighted by Gasteiger charge is 2.41. The summed E-state index contributed by atoms with van der Waals surface area (Å²) in [5.41, 5.74) is 0. The van der Waals surface area contributed by atoms with Crippen LogP contribution in [0.15, 0.2) is 0 Å². The Labute approximate surface area is 86.7 Å². The van der Waals surface area contributed by atoms with Crippen molar-refractivity contribution in [3.05, 3.63) is 0 Å². The molecule has 2 fully saturated rings. The molecule has 0 bridgehead atoms. The molecule has 1 heterocycles. The Morgan fingerprint density at radius 1 is 1.29 bits per heavy atom. The molecule has 1 saturated heterocycles. The fourth-order valence-electron chi connectivity index (χ4n) is 3.29. The zero-order chi connectivity index (χ0) is 10.3. The monoisotopic (exact) mass is 195 g/mol. The van der Waals surface area contributed by atoms with E-state index in [1.165, 1.54) is 19.5 Å². The van der Waals surface area contributed by atoms with E-state index in [1.807, 2.05) is 0 Å². The van der Waals surface area contributed by atoms with Crippen molar-refractivity contribution >= 4 is 5.78 Å². The first-order valence-electron chi connectivity index (χ1n) is 5.81. The van der Waals surface area contributed by atoms with Gasteiger partial charge in [0, 0.05) is 18.9 Å². The molecule has 0 amide bonds. The molecule has 4 atom stereocenters. The van der Waals surface area contributed by atoms with Gasteiger partial charge in [0.05, 0.1) is 0 Å². The molecule has 0 aromatic carbocycles. The summed E-state index contributed by atoms with van der Waals surface area (Å²) in [7, 11) is 2.20. The highest BCUT2D eigenvalue weighted by molar-refractivity contribution is 5.82. The van der Waals surface area contributed by atoms with Crippen LogP contribution in [0.3, 0.4) is 0 Å². The van der Waals surface area contributed by atoms with E-state index in [-0.39, 0.29) is 0 Å². The second-order valence-corrected chi connectivity index (χ2v) is 5.32. The van der Waals surface area contributed by atoms with Crippen molar-refractivity contribution in [3.8, 4) is 0 Å². The quantitative estimate of drug-likeness (QED) is 0.587. The fraction of sp³-hybridized carbons (Fsp3) is 0.917. The molecule has 1 aliphatic carbocycles. The third kappa shape index (κ3) is 1.60. The summed E-state index contributed by atoms with van der Waals surface area (Å²) >= 11 is 0. The Bertz CT molecular complexity index is 238. The van der Waals surface area contributed by atoms with Crippen molar-refractivity contribution in [2.75, 3.05) is 20.1 Å². The Morgan fingerprint density at radius 3 is 2.71 bits per heavy atom. The highest BCUT2D eigenvalue weighted by atomic mass is 16.1. The van der Waals surface area contributed by atoms with Crippen LogP contribution in [0.1, 0.15) is 26.7 Å². The molecule has 0 radical (unpaired) electrons. The van der Waals surface area contributed by atoms with E-state index in [4.69, 9.17) is 0 Å². The van der Waals surface area contributed by atoms with Gasteiger partial charge >= 0.3 is 0 Å². The van der Waals surface area contributed by atoms with Gasteiger partial charge in [-0.25, -0.2) is 0 Å². The lowest BCUT2D eigenvalue weighted by Gasteiger charge is -2.45. The minimum absolute atomic E-state index is 0.324. The SMILES string of the molecule is CC1CC(=O)C(C)C2CCN(C)CC12. The minimum atomic E-state index is 0.324. The number of likely N-dealkylation sites (tertiary alicyclic amines) is 1. The molecule has 0 N–H and O–H groups in total. The number of piperidine rings is 1. The van der Waals surface area contributed by atoms with Crippen molar-refractivity contribution in [1.29, 1.82) is 0 Å². The van der Waals surface area contributed by atoms with Gasteiger partial charge in [0.15, 0.2) is 0 Å². The van der Waals surface area contributed by atoms with Gasteiger partial charge in [0.1, 0.15) is 5.78 Å². The lowest BCUT2D eigenvalue weighted by molar-refractivity contribution is -0.131. The lowest BCUT2D eigenvalue weighted by atomic mass is 9.64. The molecule has 2 heteroatoms. The second-order valence-electron chi connectivity index (χ2n) is 5.32. The first-order chi connectivity index (χ1) is 6.59. The van der Waals surface area contributed by atoms with E-state index in [9.17, 15) is 4.79 Å². The molecule has 2 aliphatic rings. The Hall–Kier alpha value is -0.370. The first kappa shape index (κ1) is 10.2. The van der Waals surface area contributed by atoms with E-state index < -0.39 is 0 Å². The molecule has 0 aromatic heterocycles. The van der Waals surface area contributed by atoms with Crippen LogP contribution >= 0.6 is 0 Å². The van der Waals surface area contributed by atoms with Crippen LogP contribution < -0.4 is 0 Å². The van der Waals surface area contributed by atoms with Crippen molar-refractivity contribution in [1.82, 2.24) is 4.90 Å². The minimum Gasteiger partial charge on any atom is -0.306 e. The van der Waals surface area contributed by atoms with E-state index in [2.05, 4.69) is 25.8 Å². The van der Waals surface area contributed by atoms with E-state index in [0.717, 1.165) is 12.3 Å². The maximum absolute atomic E-state index is 11.7. The van der Waals surface area contributed by atoms with Gasteiger partial charge in [0.2, 0.25) is 0 Å². The topological polar surface area (TPSA) is 20.3 Å². The summed E-state index contributed by atoms with van der Waals surface area (Å²) in [6, 6.07) is 0. The summed E-state index contributed by atoms with van der Waals surface area (Å²) in [6.07, 6.45) is 2.04. The molecular formula is C12H21NO. The normalized spacial score (nSPS) is 44.9. The van der Waals surface area contributed by atoms with Crippen molar-refractivity contribution < 1.29 is 4.79 Å². The van der Waals surface area contributed by atoms with Gasteiger partial charge in [-0.05, 0) is 37.8 Å². The molecule has 1 aliphatic heterocycles. The van der Waals surface area contributed by atoms with Gasteiger partial charge in [0.25, 0.3) is 0 Å². The predicted octanol–water partition coefficient (Wildman–Crippen LogP) is 1.80. The number of carbonyl (C=O) groups is 1. The van der Waals surface area contributed by atoms with Crippen LogP contribution in [0.4, 0.5) is 0 Å². The number of rotatable bonds is 0. The highest BCUT2D eigenvalue weighted by Crippen LogP contribution is 2.41. The fourth-order valence-corrected chi connectivity index (χ4v) is 3.29. The van der Waals surface area contributed by atoms with Gasteiger partial charge in [-0.3, -0.25) is 4.79 Å². The van der Waals surface area contributed by atoms with E-state index in [0.29, 0.717) is 23.5 Å². The number of hydrogen-bond acceptors (Lipinski definition) is 2. The maximum Gasteiger partial charge on any atom is 0.136 e. The average Bonchev–Trinajstić information content (AvgIpc) is 2.14. The smallest absolute Gasteiger partial charge is 0.136 e. The van der Waals surface area contributed by atoms with Crippen LogP contribution in [0.2, 0.25) is 0 Å². The molecule has 4 unspecified atom stereocenters. The summed E-state index contributed by atoms with van der Waals surface area (Å²) in [4.78, 5) is 14.1. The molecule has 14 heavy (non-hydrogen) atoms. The molecule has 0 aromatic rings. The number of ketones is 1. The van der Waals surface area contributed by atoms with Gasteiger partial charge < -0.3 is 4.90 Å².